The molecular weight excluding hydrogens is 298 g/mol. The molecule has 2 atom stereocenters. The molecule has 1 aromatic carbocycles. The minimum atomic E-state index is -0.128. The van der Waals surface area contributed by atoms with E-state index in [-0.39, 0.29) is 11.8 Å². The lowest BCUT2D eigenvalue weighted by molar-refractivity contribution is 0.0869. The number of aromatic nitrogens is 1. The topological polar surface area (TPSA) is 45.2 Å². The fraction of sp³-hybridized carbons (Fsp3) is 0.400. The van der Waals surface area contributed by atoms with Crippen LogP contribution in [0.5, 0.6) is 0 Å². The van der Waals surface area contributed by atoms with E-state index < -0.39 is 0 Å². The number of hydrogen-bond donors (Lipinski definition) is 1. The summed E-state index contributed by atoms with van der Waals surface area (Å²) in [6.07, 6.45) is 5.53. The van der Waals surface area contributed by atoms with Gasteiger partial charge < -0.3 is 5.32 Å². The second kappa shape index (κ2) is 7.14. The van der Waals surface area contributed by atoms with Gasteiger partial charge in [-0.1, -0.05) is 0 Å². The molecular formula is C20H25N3O. The van der Waals surface area contributed by atoms with Gasteiger partial charge >= 0.3 is 0 Å². The van der Waals surface area contributed by atoms with Crippen LogP contribution in [-0.4, -0.2) is 41.3 Å². The Hall–Kier alpha value is -2.20. The molecule has 126 valence electrons. The predicted octanol–water partition coefficient (Wildman–Crippen LogP) is 3.18. The first-order chi connectivity index (χ1) is 11.5. The Morgan fingerprint density at radius 3 is 2.83 bits per heavy atom. The molecule has 0 radical (unpaired) electrons. The number of nitrogens with zero attached hydrogens (tertiary/aromatic N) is 2. The van der Waals surface area contributed by atoms with Gasteiger partial charge in [-0.25, -0.2) is 0 Å². The molecule has 1 N–H and O–H groups in total. The molecule has 0 fully saturated rings. The van der Waals surface area contributed by atoms with Crippen LogP contribution in [0.3, 0.4) is 0 Å². The summed E-state index contributed by atoms with van der Waals surface area (Å²) in [6.45, 7) is 5.00. The molecule has 0 saturated carbocycles. The predicted molar refractivity (Wildman–Crippen MR) is 97.6 cm³/mol. The Balaban J connectivity index is 1.63. The minimum absolute atomic E-state index is 0.128. The van der Waals surface area contributed by atoms with Crippen molar-refractivity contribution >= 4 is 11.5 Å². The van der Waals surface area contributed by atoms with Crippen LogP contribution in [0.4, 0.5) is 5.69 Å². The number of ketones is 1. The smallest absolute Gasteiger partial charge is 0.179 e. The third-order valence-electron chi connectivity index (χ3n) is 4.86. The summed E-state index contributed by atoms with van der Waals surface area (Å²) < 4.78 is 0. The van der Waals surface area contributed by atoms with Crippen molar-refractivity contribution in [3.63, 3.8) is 0 Å². The van der Waals surface area contributed by atoms with E-state index in [2.05, 4.69) is 28.2 Å². The van der Waals surface area contributed by atoms with Crippen molar-refractivity contribution in [2.75, 3.05) is 18.9 Å². The summed E-state index contributed by atoms with van der Waals surface area (Å²) in [7, 11) is 2.01. The van der Waals surface area contributed by atoms with Crippen LogP contribution in [0.25, 0.3) is 0 Å². The Bertz CT molecular complexity index is 714. The van der Waals surface area contributed by atoms with E-state index in [0.29, 0.717) is 6.04 Å². The van der Waals surface area contributed by atoms with Gasteiger partial charge in [0.2, 0.25) is 0 Å². The second-order valence-corrected chi connectivity index (χ2v) is 6.75. The minimum Gasteiger partial charge on any atom is -0.382 e. The Labute approximate surface area is 143 Å². The third kappa shape index (κ3) is 3.65. The van der Waals surface area contributed by atoms with E-state index in [9.17, 15) is 4.79 Å². The van der Waals surface area contributed by atoms with Crippen LogP contribution in [0.1, 0.15) is 35.3 Å². The average molecular weight is 323 g/mol. The number of benzene rings is 1. The molecule has 2 aromatic rings. The lowest BCUT2D eigenvalue weighted by atomic mass is 10.00. The van der Waals surface area contributed by atoms with Crippen molar-refractivity contribution < 1.29 is 4.79 Å². The van der Waals surface area contributed by atoms with Crippen LogP contribution in [0, 0.1) is 0 Å². The van der Waals surface area contributed by atoms with E-state index in [1.807, 2.05) is 50.6 Å². The van der Waals surface area contributed by atoms with Gasteiger partial charge in [0.25, 0.3) is 0 Å². The number of anilines is 1. The van der Waals surface area contributed by atoms with Gasteiger partial charge in [-0.05, 0) is 75.2 Å². The van der Waals surface area contributed by atoms with Gasteiger partial charge in [0.15, 0.2) is 5.78 Å². The number of rotatable bonds is 6. The van der Waals surface area contributed by atoms with Crippen molar-refractivity contribution in [3.8, 4) is 0 Å². The quantitative estimate of drug-likeness (QED) is 0.829. The van der Waals surface area contributed by atoms with Gasteiger partial charge in [0.05, 0.1) is 6.04 Å². The SMILES string of the molecule is CC1Cc2cc(C(=O)C(C)N(C)CCc3ccncc3)ccc2N1. The van der Waals surface area contributed by atoms with Crippen molar-refractivity contribution in [3.05, 3.63) is 59.4 Å². The Morgan fingerprint density at radius 1 is 1.33 bits per heavy atom. The van der Waals surface area contributed by atoms with Crippen molar-refractivity contribution in [2.45, 2.75) is 38.8 Å². The summed E-state index contributed by atoms with van der Waals surface area (Å²) in [5, 5.41) is 3.43. The average Bonchev–Trinajstić information content (AvgIpc) is 2.98. The summed E-state index contributed by atoms with van der Waals surface area (Å²) >= 11 is 0. The molecule has 0 aliphatic carbocycles. The maximum Gasteiger partial charge on any atom is 0.179 e. The maximum atomic E-state index is 12.8. The van der Waals surface area contributed by atoms with Crippen LogP contribution in [-0.2, 0) is 12.8 Å². The second-order valence-electron chi connectivity index (χ2n) is 6.75. The van der Waals surface area contributed by atoms with Crippen molar-refractivity contribution in [2.24, 2.45) is 0 Å². The van der Waals surface area contributed by atoms with Crippen molar-refractivity contribution in [1.82, 2.24) is 9.88 Å². The number of fused-ring (bicyclic) bond motifs is 1. The van der Waals surface area contributed by atoms with Gasteiger partial charge in [0.1, 0.15) is 0 Å². The molecule has 0 saturated heterocycles. The summed E-state index contributed by atoms with van der Waals surface area (Å²) in [5.74, 6) is 0.189. The number of hydrogen-bond acceptors (Lipinski definition) is 4. The molecule has 1 aliphatic heterocycles. The van der Waals surface area contributed by atoms with Crippen LogP contribution in [0.15, 0.2) is 42.7 Å². The fourth-order valence-corrected chi connectivity index (χ4v) is 3.19. The molecule has 1 aromatic heterocycles. The highest BCUT2D eigenvalue weighted by molar-refractivity contribution is 6.00. The number of pyridine rings is 1. The lowest BCUT2D eigenvalue weighted by Gasteiger charge is -2.23. The zero-order valence-electron chi connectivity index (χ0n) is 14.6. The summed E-state index contributed by atoms with van der Waals surface area (Å²) in [4.78, 5) is 19.0. The molecule has 0 spiro atoms. The van der Waals surface area contributed by atoms with E-state index in [1.54, 1.807) is 0 Å². The standard InChI is InChI=1S/C20H25N3O/c1-14-12-18-13-17(4-5-19(18)22-14)20(24)15(2)23(3)11-8-16-6-9-21-10-7-16/h4-7,9-10,13-15,22H,8,11-12H2,1-3H3. The van der Waals surface area contributed by atoms with E-state index >= 15 is 0 Å². The van der Waals surface area contributed by atoms with Gasteiger partial charge in [-0.2, -0.15) is 0 Å². The normalized spacial score (nSPS) is 17.4. The van der Waals surface area contributed by atoms with Crippen molar-refractivity contribution in [1.29, 1.82) is 0 Å². The largest absolute Gasteiger partial charge is 0.382 e. The molecule has 0 bridgehead atoms. The van der Waals surface area contributed by atoms with Crippen LogP contribution >= 0.6 is 0 Å². The number of carbonyl (C=O) groups excluding carboxylic acids is 1. The van der Waals surface area contributed by atoms with E-state index in [1.165, 1.54) is 11.1 Å². The Morgan fingerprint density at radius 2 is 2.08 bits per heavy atom. The number of Topliss-reactive ketones (excluding diaryl/α,β-unsaturated/α-hetero) is 1. The number of likely N-dealkylation sites (N-methyl/N-ethyl adjacent to an activating group) is 1. The first-order valence-electron chi connectivity index (χ1n) is 8.57. The first-order valence-corrected chi connectivity index (χ1v) is 8.57. The zero-order chi connectivity index (χ0) is 17.1. The van der Waals surface area contributed by atoms with E-state index in [0.717, 1.165) is 30.6 Å². The monoisotopic (exact) mass is 323 g/mol. The fourth-order valence-electron chi connectivity index (χ4n) is 3.19. The highest BCUT2D eigenvalue weighted by atomic mass is 16.1. The van der Waals surface area contributed by atoms with E-state index in [4.69, 9.17) is 0 Å². The zero-order valence-corrected chi connectivity index (χ0v) is 14.6. The molecule has 24 heavy (non-hydrogen) atoms. The number of carbonyl (C=O) groups is 1. The molecule has 0 amide bonds. The third-order valence-corrected chi connectivity index (χ3v) is 4.86. The van der Waals surface area contributed by atoms with Gasteiger partial charge in [-0.15, -0.1) is 0 Å². The molecule has 2 unspecified atom stereocenters. The molecule has 4 heteroatoms. The highest BCUT2D eigenvalue weighted by Gasteiger charge is 2.22. The summed E-state index contributed by atoms with van der Waals surface area (Å²) in [6, 6.07) is 10.4. The van der Waals surface area contributed by atoms with Crippen LogP contribution < -0.4 is 5.32 Å². The number of nitrogens with one attached hydrogen (secondary N) is 1. The lowest BCUT2D eigenvalue weighted by Crippen LogP contribution is -2.37. The molecule has 1 aliphatic rings. The summed E-state index contributed by atoms with van der Waals surface area (Å²) in [5.41, 5.74) is 4.47. The molecule has 2 heterocycles. The highest BCUT2D eigenvalue weighted by Crippen LogP contribution is 2.27. The first kappa shape index (κ1) is 16.7. The maximum absolute atomic E-state index is 12.8. The van der Waals surface area contributed by atoms with Gasteiger partial charge in [0, 0.05) is 36.2 Å². The van der Waals surface area contributed by atoms with Gasteiger partial charge in [-0.3, -0.25) is 14.7 Å². The Kier molecular flexibility index (Phi) is 4.95. The van der Waals surface area contributed by atoms with Crippen LogP contribution in [0.2, 0.25) is 0 Å². The molecule has 4 nitrogen and oxygen atoms in total. The molecule has 3 rings (SSSR count).